The quantitative estimate of drug-likeness (QED) is 0.771. The third-order valence-electron chi connectivity index (χ3n) is 5.76. The van der Waals surface area contributed by atoms with E-state index in [1.54, 1.807) is 11.3 Å². The van der Waals surface area contributed by atoms with Crippen molar-refractivity contribution in [2.75, 3.05) is 7.05 Å². The van der Waals surface area contributed by atoms with Crippen LogP contribution >= 0.6 is 27.3 Å². The van der Waals surface area contributed by atoms with Gasteiger partial charge in [-0.3, -0.25) is 4.79 Å². The van der Waals surface area contributed by atoms with Gasteiger partial charge in [0.25, 0.3) is 5.91 Å². The summed E-state index contributed by atoms with van der Waals surface area (Å²) in [5.74, 6) is 3.67. The van der Waals surface area contributed by atoms with E-state index < -0.39 is 0 Å². The Hall–Kier alpha value is -0.350. The number of carbonyl (C=O) groups is 1. The number of hydrogen-bond acceptors (Lipinski definition) is 2. The number of carbonyl (C=O) groups excluding carboxylic acids is 1. The van der Waals surface area contributed by atoms with Crippen molar-refractivity contribution in [2.45, 2.75) is 38.1 Å². The summed E-state index contributed by atoms with van der Waals surface area (Å²) in [6.45, 7) is 0. The highest BCUT2D eigenvalue weighted by Crippen LogP contribution is 2.55. The van der Waals surface area contributed by atoms with Gasteiger partial charge in [-0.2, -0.15) is 0 Å². The molecule has 0 atom stereocenters. The summed E-state index contributed by atoms with van der Waals surface area (Å²) in [5, 5.41) is 1.99. The highest BCUT2D eigenvalue weighted by Gasteiger charge is 2.50. The first-order chi connectivity index (χ1) is 9.63. The molecule has 0 aliphatic heterocycles. The molecule has 4 aliphatic rings. The highest BCUT2D eigenvalue weighted by molar-refractivity contribution is 9.10. The van der Waals surface area contributed by atoms with Crippen molar-refractivity contribution < 1.29 is 4.79 Å². The molecule has 0 unspecified atom stereocenters. The molecule has 20 heavy (non-hydrogen) atoms. The van der Waals surface area contributed by atoms with E-state index in [0.29, 0.717) is 6.04 Å². The lowest BCUT2D eigenvalue weighted by atomic mass is 9.54. The van der Waals surface area contributed by atoms with Crippen molar-refractivity contribution in [1.29, 1.82) is 0 Å². The van der Waals surface area contributed by atoms with Gasteiger partial charge >= 0.3 is 0 Å². The fraction of sp³-hybridized carbons (Fsp3) is 0.688. The maximum Gasteiger partial charge on any atom is 0.265 e. The third kappa shape index (κ3) is 1.98. The number of amides is 1. The van der Waals surface area contributed by atoms with Gasteiger partial charge in [-0.25, -0.2) is 0 Å². The van der Waals surface area contributed by atoms with Crippen molar-refractivity contribution in [2.24, 2.45) is 23.7 Å². The van der Waals surface area contributed by atoms with Crippen LogP contribution in [-0.4, -0.2) is 23.9 Å². The van der Waals surface area contributed by atoms with E-state index in [-0.39, 0.29) is 5.91 Å². The predicted molar refractivity (Wildman–Crippen MR) is 84.9 cm³/mol. The van der Waals surface area contributed by atoms with Gasteiger partial charge < -0.3 is 4.90 Å². The van der Waals surface area contributed by atoms with E-state index in [4.69, 9.17) is 0 Å². The molecule has 0 N–H and O–H groups in total. The summed E-state index contributed by atoms with van der Waals surface area (Å²) in [6.07, 6.45) is 6.91. The molecule has 108 valence electrons. The average Bonchev–Trinajstić information content (AvgIpc) is 2.82. The molecule has 2 nitrogen and oxygen atoms in total. The van der Waals surface area contributed by atoms with Crippen LogP contribution in [0.25, 0.3) is 0 Å². The van der Waals surface area contributed by atoms with E-state index in [2.05, 4.69) is 20.8 Å². The average molecular weight is 354 g/mol. The Morgan fingerprint density at radius 2 is 1.80 bits per heavy atom. The van der Waals surface area contributed by atoms with E-state index in [1.165, 1.54) is 32.1 Å². The van der Waals surface area contributed by atoms with Gasteiger partial charge in [0.05, 0.1) is 0 Å². The molecule has 4 aliphatic carbocycles. The van der Waals surface area contributed by atoms with E-state index in [9.17, 15) is 4.79 Å². The Balaban J connectivity index is 1.58. The van der Waals surface area contributed by atoms with Crippen LogP contribution < -0.4 is 0 Å². The van der Waals surface area contributed by atoms with Crippen LogP contribution in [0.2, 0.25) is 0 Å². The van der Waals surface area contributed by atoms with Crippen LogP contribution in [0.15, 0.2) is 15.9 Å². The summed E-state index contributed by atoms with van der Waals surface area (Å²) in [4.78, 5) is 15.7. The van der Waals surface area contributed by atoms with Gasteiger partial charge in [-0.15, -0.1) is 11.3 Å². The zero-order valence-corrected chi connectivity index (χ0v) is 14.1. The first-order valence-corrected chi connectivity index (χ1v) is 9.31. The zero-order valence-electron chi connectivity index (χ0n) is 11.7. The second-order valence-electron chi connectivity index (χ2n) is 6.94. The van der Waals surface area contributed by atoms with Crippen molar-refractivity contribution in [1.82, 2.24) is 4.90 Å². The largest absolute Gasteiger partial charge is 0.337 e. The van der Waals surface area contributed by atoms with Gasteiger partial charge in [0, 0.05) is 17.6 Å². The number of thiophene rings is 1. The van der Waals surface area contributed by atoms with Gasteiger partial charge in [0.1, 0.15) is 4.88 Å². The van der Waals surface area contributed by atoms with Gasteiger partial charge in [-0.1, -0.05) is 0 Å². The van der Waals surface area contributed by atoms with E-state index >= 15 is 0 Å². The molecule has 0 radical (unpaired) electrons. The van der Waals surface area contributed by atoms with Crippen LogP contribution in [0.4, 0.5) is 0 Å². The topological polar surface area (TPSA) is 20.3 Å². The molecular weight excluding hydrogens is 334 g/mol. The lowest BCUT2D eigenvalue weighted by Gasteiger charge is -2.56. The van der Waals surface area contributed by atoms with Crippen LogP contribution in [0.1, 0.15) is 41.8 Å². The lowest BCUT2D eigenvalue weighted by Crippen LogP contribution is -2.56. The Labute approximate surface area is 132 Å². The van der Waals surface area contributed by atoms with Gasteiger partial charge in [0.2, 0.25) is 0 Å². The third-order valence-corrected chi connectivity index (χ3v) is 7.58. The summed E-state index contributed by atoms with van der Waals surface area (Å²) < 4.78 is 0.947. The molecule has 1 aromatic heterocycles. The minimum Gasteiger partial charge on any atom is -0.337 e. The standard InChI is InChI=1S/C16H20BrNOS/c1-18(16(19)15-13(17)2-3-20-15)14-11-5-9-4-10(7-11)8-12(14)6-9/h2-3,9-12,14H,4-8H2,1H3. The molecule has 4 fully saturated rings. The van der Waals surface area contributed by atoms with E-state index in [0.717, 1.165) is 33.0 Å². The molecule has 5 rings (SSSR count). The SMILES string of the molecule is CN(C(=O)c1sccc1Br)C1C2CC3CC(C2)CC1C3. The first kappa shape index (κ1) is 13.3. The molecule has 4 heteroatoms. The second-order valence-corrected chi connectivity index (χ2v) is 8.71. The smallest absolute Gasteiger partial charge is 0.265 e. The Morgan fingerprint density at radius 3 is 2.30 bits per heavy atom. The number of nitrogens with zero attached hydrogens (tertiary/aromatic N) is 1. The second kappa shape index (κ2) is 4.84. The van der Waals surface area contributed by atoms with Gasteiger partial charge in [0.15, 0.2) is 0 Å². The molecule has 1 aromatic rings. The monoisotopic (exact) mass is 353 g/mol. The fourth-order valence-electron chi connectivity index (χ4n) is 5.27. The first-order valence-electron chi connectivity index (χ1n) is 7.63. The molecule has 1 heterocycles. The molecule has 4 saturated carbocycles. The molecule has 0 saturated heterocycles. The number of hydrogen-bond donors (Lipinski definition) is 0. The van der Waals surface area contributed by atoms with Crippen molar-refractivity contribution in [3.05, 3.63) is 20.8 Å². The Bertz CT molecular complexity index is 512. The summed E-state index contributed by atoms with van der Waals surface area (Å²) in [6, 6.07) is 2.46. The van der Waals surface area contributed by atoms with Crippen molar-refractivity contribution >= 4 is 33.2 Å². The van der Waals surface area contributed by atoms with Crippen LogP contribution in [0.3, 0.4) is 0 Å². The van der Waals surface area contributed by atoms with Crippen LogP contribution in [-0.2, 0) is 0 Å². The van der Waals surface area contributed by atoms with Crippen molar-refractivity contribution in [3.8, 4) is 0 Å². The maximum absolute atomic E-state index is 12.8. The maximum atomic E-state index is 12.8. The predicted octanol–water partition coefficient (Wildman–Crippen LogP) is 4.41. The van der Waals surface area contributed by atoms with Crippen LogP contribution in [0.5, 0.6) is 0 Å². The molecule has 0 spiro atoms. The molecular formula is C16H20BrNOS. The highest BCUT2D eigenvalue weighted by atomic mass is 79.9. The zero-order chi connectivity index (χ0) is 13.9. The van der Waals surface area contributed by atoms with Crippen molar-refractivity contribution in [3.63, 3.8) is 0 Å². The number of rotatable bonds is 2. The Kier molecular flexibility index (Phi) is 3.22. The fourth-order valence-corrected chi connectivity index (χ4v) is 6.79. The summed E-state index contributed by atoms with van der Waals surface area (Å²) in [5.41, 5.74) is 0. The van der Waals surface area contributed by atoms with Gasteiger partial charge in [-0.05, 0) is 83.2 Å². The Morgan fingerprint density at radius 1 is 1.20 bits per heavy atom. The molecule has 4 bridgehead atoms. The minimum atomic E-state index is 0.212. The van der Waals surface area contributed by atoms with E-state index in [1.807, 2.05) is 18.5 Å². The molecule has 1 amide bonds. The normalized spacial score (nSPS) is 38.2. The number of halogens is 1. The lowest BCUT2D eigenvalue weighted by molar-refractivity contribution is -0.0490. The molecule has 0 aromatic carbocycles. The summed E-state index contributed by atoms with van der Waals surface area (Å²) >= 11 is 5.05. The van der Waals surface area contributed by atoms with Crippen LogP contribution in [0, 0.1) is 23.7 Å². The minimum absolute atomic E-state index is 0.212. The summed E-state index contributed by atoms with van der Waals surface area (Å²) in [7, 11) is 2.03.